The van der Waals surface area contributed by atoms with Crippen molar-refractivity contribution < 1.29 is 9.26 Å². The molecule has 1 aromatic carbocycles. The van der Waals surface area contributed by atoms with Crippen LogP contribution in [0, 0.1) is 0 Å². The third-order valence-corrected chi connectivity index (χ3v) is 3.44. The maximum Gasteiger partial charge on any atom is 0.226 e. The normalized spacial score (nSPS) is 14.0. The van der Waals surface area contributed by atoms with Gasteiger partial charge in [-0.05, 0) is 32.9 Å². The van der Waals surface area contributed by atoms with Crippen molar-refractivity contribution >= 4 is 0 Å². The van der Waals surface area contributed by atoms with E-state index >= 15 is 0 Å². The molecule has 0 saturated carbocycles. The fourth-order valence-electron chi connectivity index (χ4n) is 2.07. The van der Waals surface area contributed by atoms with E-state index in [9.17, 15) is 0 Å². The van der Waals surface area contributed by atoms with Crippen molar-refractivity contribution in [1.82, 2.24) is 15.5 Å². The molecule has 0 saturated heterocycles. The summed E-state index contributed by atoms with van der Waals surface area (Å²) in [4.78, 5) is 4.48. The lowest BCUT2D eigenvalue weighted by atomic mass is 10.1. The van der Waals surface area contributed by atoms with Crippen molar-refractivity contribution in [2.45, 2.75) is 38.8 Å². The van der Waals surface area contributed by atoms with Crippen LogP contribution in [-0.4, -0.2) is 29.8 Å². The monoisotopic (exact) mass is 289 g/mol. The maximum atomic E-state index is 5.78. The summed E-state index contributed by atoms with van der Waals surface area (Å²) in [5, 5.41) is 7.28. The summed E-state index contributed by atoms with van der Waals surface area (Å²) in [5.41, 5.74) is 1.04. The van der Waals surface area contributed by atoms with Crippen molar-refractivity contribution in [3.05, 3.63) is 47.6 Å². The Balaban J connectivity index is 2.09. The summed E-state index contributed by atoms with van der Waals surface area (Å²) in [5.74, 6) is 1.25. The lowest BCUT2D eigenvalue weighted by Gasteiger charge is -2.13. The van der Waals surface area contributed by atoms with Gasteiger partial charge < -0.3 is 14.6 Å². The number of aryl methyl sites for hydroxylation is 1. The average molecular weight is 289 g/mol. The number of hydrogen-bond donors (Lipinski definition) is 1. The first-order chi connectivity index (χ1) is 10.2. The van der Waals surface area contributed by atoms with Crippen molar-refractivity contribution in [3.63, 3.8) is 0 Å². The highest BCUT2D eigenvalue weighted by Crippen LogP contribution is 2.23. The minimum absolute atomic E-state index is 0.268. The van der Waals surface area contributed by atoms with Crippen LogP contribution in [0.3, 0.4) is 0 Å². The molecule has 2 unspecified atom stereocenters. The predicted molar refractivity (Wildman–Crippen MR) is 81.1 cm³/mol. The summed E-state index contributed by atoms with van der Waals surface area (Å²) >= 11 is 0. The maximum absolute atomic E-state index is 5.78. The van der Waals surface area contributed by atoms with Gasteiger partial charge in [-0.15, -0.1) is 0 Å². The van der Waals surface area contributed by atoms with Crippen LogP contribution in [-0.2, 0) is 11.2 Å². The first-order valence-corrected chi connectivity index (χ1v) is 7.40. The van der Waals surface area contributed by atoms with E-state index in [0.717, 1.165) is 18.4 Å². The van der Waals surface area contributed by atoms with Crippen LogP contribution in [0.1, 0.15) is 43.7 Å². The first-order valence-electron chi connectivity index (χ1n) is 7.40. The molecule has 1 heterocycles. The lowest BCUT2D eigenvalue weighted by Crippen LogP contribution is -2.21. The fraction of sp³-hybridized carbons (Fsp3) is 0.500. The highest BCUT2D eigenvalue weighted by molar-refractivity contribution is 5.22. The zero-order valence-electron chi connectivity index (χ0n) is 12.9. The highest BCUT2D eigenvalue weighted by atomic mass is 16.5. The molecule has 21 heavy (non-hydrogen) atoms. The van der Waals surface area contributed by atoms with Crippen LogP contribution in [0.15, 0.2) is 34.9 Å². The summed E-state index contributed by atoms with van der Waals surface area (Å²) in [6, 6.07) is 10.4. The Kier molecular flexibility index (Phi) is 5.90. The van der Waals surface area contributed by atoms with E-state index in [2.05, 4.69) is 22.4 Å². The summed E-state index contributed by atoms with van der Waals surface area (Å²) in [6.45, 7) is 4.69. The Labute approximate surface area is 125 Å². The Morgan fingerprint density at radius 1 is 1.29 bits per heavy atom. The second-order valence-electron chi connectivity index (χ2n) is 5.02. The van der Waals surface area contributed by atoms with Gasteiger partial charge in [0, 0.05) is 19.1 Å². The van der Waals surface area contributed by atoms with Gasteiger partial charge in [0.1, 0.15) is 6.10 Å². The van der Waals surface area contributed by atoms with E-state index in [4.69, 9.17) is 9.26 Å². The Bertz CT molecular complexity index is 527. The van der Waals surface area contributed by atoms with Crippen LogP contribution in [0.4, 0.5) is 0 Å². The molecule has 2 rings (SSSR count). The van der Waals surface area contributed by atoms with E-state index in [1.807, 2.05) is 44.3 Å². The van der Waals surface area contributed by atoms with Crippen molar-refractivity contribution in [2.24, 2.45) is 0 Å². The molecule has 2 atom stereocenters. The second-order valence-corrected chi connectivity index (χ2v) is 5.02. The first kappa shape index (κ1) is 15.7. The SMILES string of the molecule is CCOC(c1ccccc1)c1noc(CCC(C)NC)n1. The second kappa shape index (κ2) is 7.90. The molecule has 0 aliphatic heterocycles. The molecule has 0 bridgehead atoms. The molecule has 1 N–H and O–H groups in total. The molecule has 0 amide bonds. The van der Waals surface area contributed by atoms with Gasteiger partial charge in [-0.2, -0.15) is 4.98 Å². The molecule has 0 aliphatic rings. The largest absolute Gasteiger partial charge is 0.366 e. The minimum Gasteiger partial charge on any atom is -0.366 e. The molecule has 0 fully saturated rings. The smallest absolute Gasteiger partial charge is 0.226 e. The fourth-order valence-corrected chi connectivity index (χ4v) is 2.07. The zero-order valence-corrected chi connectivity index (χ0v) is 12.9. The lowest BCUT2D eigenvalue weighted by molar-refractivity contribution is 0.0833. The molecule has 1 aromatic heterocycles. The Morgan fingerprint density at radius 3 is 2.71 bits per heavy atom. The minimum atomic E-state index is -0.268. The molecular formula is C16H23N3O2. The molecule has 114 valence electrons. The number of rotatable bonds is 8. The van der Waals surface area contributed by atoms with E-state index in [0.29, 0.717) is 24.4 Å². The standard InChI is InChI=1S/C16H23N3O2/c1-4-20-15(13-8-6-5-7-9-13)16-18-14(21-19-16)11-10-12(2)17-3/h5-9,12,15,17H,4,10-11H2,1-3H3. The quantitative estimate of drug-likeness (QED) is 0.809. The molecule has 2 aromatic rings. The summed E-state index contributed by atoms with van der Waals surface area (Å²) in [7, 11) is 1.95. The molecule has 0 spiro atoms. The van der Waals surface area contributed by atoms with Crippen LogP contribution in [0.25, 0.3) is 0 Å². The van der Waals surface area contributed by atoms with Gasteiger partial charge >= 0.3 is 0 Å². The molecular weight excluding hydrogens is 266 g/mol. The summed E-state index contributed by atoms with van der Waals surface area (Å²) < 4.78 is 11.1. The number of hydrogen-bond acceptors (Lipinski definition) is 5. The summed E-state index contributed by atoms with van der Waals surface area (Å²) in [6.07, 6.45) is 1.46. The number of nitrogens with zero attached hydrogens (tertiary/aromatic N) is 2. The van der Waals surface area contributed by atoms with Gasteiger partial charge in [0.2, 0.25) is 11.7 Å². The molecule has 5 heteroatoms. The molecule has 0 aliphatic carbocycles. The van der Waals surface area contributed by atoms with Gasteiger partial charge in [-0.3, -0.25) is 0 Å². The van der Waals surface area contributed by atoms with E-state index in [1.54, 1.807) is 0 Å². The van der Waals surface area contributed by atoms with Crippen molar-refractivity contribution in [1.29, 1.82) is 0 Å². The Hall–Kier alpha value is -1.72. The third-order valence-electron chi connectivity index (χ3n) is 3.44. The van der Waals surface area contributed by atoms with Crippen LogP contribution >= 0.6 is 0 Å². The van der Waals surface area contributed by atoms with Gasteiger partial charge in [0.15, 0.2) is 0 Å². The number of benzene rings is 1. The van der Waals surface area contributed by atoms with Crippen LogP contribution in [0.2, 0.25) is 0 Å². The van der Waals surface area contributed by atoms with Crippen molar-refractivity contribution in [3.8, 4) is 0 Å². The molecule has 5 nitrogen and oxygen atoms in total. The topological polar surface area (TPSA) is 60.2 Å². The van der Waals surface area contributed by atoms with Gasteiger partial charge in [0.05, 0.1) is 0 Å². The van der Waals surface area contributed by atoms with Gasteiger partial charge in [0.25, 0.3) is 0 Å². The van der Waals surface area contributed by atoms with Gasteiger partial charge in [-0.25, -0.2) is 0 Å². The number of nitrogens with one attached hydrogen (secondary N) is 1. The molecule has 0 radical (unpaired) electrons. The van der Waals surface area contributed by atoms with Gasteiger partial charge in [-0.1, -0.05) is 35.5 Å². The van der Waals surface area contributed by atoms with Crippen molar-refractivity contribution in [2.75, 3.05) is 13.7 Å². The van der Waals surface area contributed by atoms with E-state index in [-0.39, 0.29) is 6.10 Å². The highest BCUT2D eigenvalue weighted by Gasteiger charge is 2.20. The van der Waals surface area contributed by atoms with E-state index in [1.165, 1.54) is 0 Å². The number of aromatic nitrogens is 2. The number of ether oxygens (including phenoxy) is 1. The predicted octanol–water partition coefficient (Wildman–Crippen LogP) is 2.74. The van der Waals surface area contributed by atoms with Crippen LogP contribution in [0.5, 0.6) is 0 Å². The van der Waals surface area contributed by atoms with E-state index < -0.39 is 0 Å². The Morgan fingerprint density at radius 2 is 2.05 bits per heavy atom. The zero-order chi connectivity index (χ0) is 15.1. The average Bonchev–Trinajstić information content (AvgIpc) is 2.99. The third kappa shape index (κ3) is 4.37. The van der Waals surface area contributed by atoms with Crippen LogP contribution < -0.4 is 5.32 Å².